The van der Waals surface area contributed by atoms with E-state index in [1.165, 1.54) is 5.57 Å². The van der Waals surface area contributed by atoms with E-state index < -0.39 is 5.60 Å². The van der Waals surface area contributed by atoms with Crippen LogP contribution < -0.4 is 0 Å². The van der Waals surface area contributed by atoms with Crippen molar-refractivity contribution in [2.45, 2.75) is 57.7 Å². The molecule has 2 heterocycles. The maximum atomic E-state index is 12.5. The molecule has 0 aliphatic carbocycles. The van der Waals surface area contributed by atoms with Crippen LogP contribution in [0.2, 0.25) is 0 Å². The summed E-state index contributed by atoms with van der Waals surface area (Å²) in [6.07, 6.45) is 5.52. The lowest BCUT2D eigenvalue weighted by molar-refractivity contribution is 0.0175. The number of carbonyl (C=O) groups excluding carboxylic acids is 2. The summed E-state index contributed by atoms with van der Waals surface area (Å²) in [6, 6.07) is 7.88. The largest absolute Gasteiger partial charge is 0.444 e. The Balaban J connectivity index is 1.86. The summed E-state index contributed by atoms with van der Waals surface area (Å²) < 4.78 is 5.55. The van der Waals surface area contributed by atoms with Crippen molar-refractivity contribution in [3.63, 3.8) is 0 Å². The second-order valence-electron chi connectivity index (χ2n) is 7.29. The predicted molar refractivity (Wildman–Crippen MR) is 89.3 cm³/mol. The minimum atomic E-state index is -0.482. The maximum absolute atomic E-state index is 12.5. The van der Waals surface area contributed by atoms with Crippen LogP contribution in [-0.2, 0) is 4.74 Å². The van der Waals surface area contributed by atoms with Crippen LogP contribution in [0, 0.1) is 0 Å². The van der Waals surface area contributed by atoms with Gasteiger partial charge in [-0.25, -0.2) is 4.79 Å². The first-order valence-corrected chi connectivity index (χ1v) is 8.15. The molecule has 4 nitrogen and oxygen atoms in total. The van der Waals surface area contributed by atoms with E-state index in [1.807, 2.05) is 49.9 Å². The molecule has 1 saturated heterocycles. The molecular formula is C19H23NO3. The van der Waals surface area contributed by atoms with Crippen LogP contribution in [0.4, 0.5) is 4.79 Å². The predicted octanol–water partition coefficient (Wildman–Crippen LogP) is 4.05. The Bertz CT molecular complexity index is 657. The van der Waals surface area contributed by atoms with Gasteiger partial charge < -0.3 is 4.74 Å². The molecule has 122 valence electrons. The van der Waals surface area contributed by atoms with Crippen LogP contribution in [0.3, 0.4) is 0 Å². The highest BCUT2D eigenvalue weighted by atomic mass is 16.6. The average molecular weight is 313 g/mol. The van der Waals surface area contributed by atoms with E-state index in [4.69, 9.17) is 4.74 Å². The van der Waals surface area contributed by atoms with Gasteiger partial charge in [0.1, 0.15) is 5.60 Å². The number of nitrogens with zero attached hydrogens (tertiary/aromatic N) is 1. The number of fused-ring (bicyclic) bond motifs is 2. The highest BCUT2D eigenvalue weighted by Gasteiger charge is 2.41. The van der Waals surface area contributed by atoms with Crippen molar-refractivity contribution in [2.24, 2.45) is 0 Å². The molecule has 3 rings (SSSR count). The molecule has 0 radical (unpaired) electrons. The zero-order valence-electron chi connectivity index (χ0n) is 13.9. The Kier molecular flexibility index (Phi) is 4.00. The van der Waals surface area contributed by atoms with E-state index in [0.717, 1.165) is 31.1 Å². The van der Waals surface area contributed by atoms with Gasteiger partial charge >= 0.3 is 6.09 Å². The van der Waals surface area contributed by atoms with Crippen molar-refractivity contribution >= 4 is 18.0 Å². The van der Waals surface area contributed by atoms with Crippen molar-refractivity contribution in [1.29, 1.82) is 0 Å². The molecule has 1 amide bonds. The van der Waals surface area contributed by atoms with E-state index in [9.17, 15) is 9.59 Å². The van der Waals surface area contributed by atoms with Gasteiger partial charge in [-0.1, -0.05) is 30.3 Å². The van der Waals surface area contributed by atoms with Crippen LogP contribution in [0.1, 0.15) is 56.0 Å². The molecule has 2 unspecified atom stereocenters. The maximum Gasteiger partial charge on any atom is 0.411 e. The fraction of sp³-hybridized carbons (Fsp3) is 0.474. The minimum Gasteiger partial charge on any atom is -0.444 e. The van der Waals surface area contributed by atoms with E-state index >= 15 is 0 Å². The minimum absolute atomic E-state index is 0.0679. The Morgan fingerprint density at radius 1 is 1.26 bits per heavy atom. The van der Waals surface area contributed by atoms with Crippen molar-refractivity contribution < 1.29 is 14.3 Å². The standard InChI is InChI=1S/C19H23NO3/c1-19(2,3)23-18(22)20-15-8-9-16(20)11-14(10-15)17-7-5-4-6-13(17)12-21/h4-7,10,12,15-16H,8-9,11H2,1-3H3. The SMILES string of the molecule is CC(C)(C)OC(=O)N1C2C=C(c3ccccc3C=O)CC1CC2. The molecule has 2 aliphatic heterocycles. The van der Waals surface area contributed by atoms with Gasteiger partial charge in [-0.15, -0.1) is 0 Å². The van der Waals surface area contributed by atoms with Gasteiger partial charge in [-0.3, -0.25) is 9.69 Å². The Morgan fingerprint density at radius 2 is 2.00 bits per heavy atom. The molecule has 0 spiro atoms. The van der Waals surface area contributed by atoms with E-state index in [0.29, 0.717) is 5.56 Å². The first-order chi connectivity index (χ1) is 10.9. The molecule has 2 bridgehead atoms. The van der Waals surface area contributed by atoms with Crippen LogP contribution >= 0.6 is 0 Å². The third-order valence-electron chi connectivity index (χ3n) is 4.43. The highest BCUT2D eigenvalue weighted by Crippen LogP contribution is 2.39. The molecule has 23 heavy (non-hydrogen) atoms. The molecule has 2 atom stereocenters. The Hall–Kier alpha value is -2.10. The van der Waals surface area contributed by atoms with Crippen LogP contribution in [-0.4, -0.2) is 35.0 Å². The lowest BCUT2D eigenvalue weighted by atomic mass is 9.92. The zero-order chi connectivity index (χ0) is 16.6. The molecule has 1 aromatic carbocycles. The number of hydrogen-bond donors (Lipinski definition) is 0. The number of amides is 1. The van der Waals surface area contributed by atoms with Gasteiger partial charge in [-0.2, -0.15) is 0 Å². The monoisotopic (exact) mass is 313 g/mol. The van der Waals surface area contributed by atoms with E-state index in [-0.39, 0.29) is 18.2 Å². The number of rotatable bonds is 2. The summed E-state index contributed by atoms with van der Waals surface area (Å²) in [5.74, 6) is 0. The molecule has 1 fully saturated rings. The van der Waals surface area contributed by atoms with E-state index in [1.54, 1.807) is 0 Å². The molecular weight excluding hydrogens is 290 g/mol. The smallest absolute Gasteiger partial charge is 0.411 e. The number of carbonyl (C=O) groups is 2. The lowest BCUT2D eigenvalue weighted by Crippen LogP contribution is -2.45. The number of aldehydes is 1. The van der Waals surface area contributed by atoms with Crippen molar-refractivity contribution in [2.75, 3.05) is 0 Å². The normalized spacial score (nSPS) is 23.4. The van der Waals surface area contributed by atoms with Gasteiger partial charge in [0, 0.05) is 11.6 Å². The van der Waals surface area contributed by atoms with Crippen molar-refractivity contribution in [3.8, 4) is 0 Å². The summed E-state index contributed by atoms with van der Waals surface area (Å²) in [7, 11) is 0. The van der Waals surface area contributed by atoms with Gasteiger partial charge in [0.25, 0.3) is 0 Å². The molecule has 2 aliphatic rings. The summed E-state index contributed by atoms with van der Waals surface area (Å²) in [5.41, 5.74) is 2.39. The summed E-state index contributed by atoms with van der Waals surface area (Å²) in [6.45, 7) is 5.66. The molecule has 4 heteroatoms. The van der Waals surface area contributed by atoms with Gasteiger partial charge in [-0.05, 0) is 51.2 Å². The zero-order valence-corrected chi connectivity index (χ0v) is 13.9. The first kappa shape index (κ1) is 15.8. The van der Waals surface area contributed by atoms with Gasteiger partial charge in [0.15, 0.2) is 6.29 Å². The highest BCUT2D eigenvalue weighted by molar-refractivity contribution is 5.86. The first-order valence-electron chi connectivity index (χ1n) is 8.15. The molecule has 0 aromatic heterocycles. The van der Waals surface area contributed by atoms with Crippen LogP contribution in [0.15, 0.2) is 30.3 Å². The summed E-state index contributed by atoms with van der Waals surface area (Å²) in [4.78, 5) is 25.6. The molecule has 0 N–H and O–H groups in total. The van der Waals surface area contributed by atoms with Crippen molar-refractivity contribution in [1.82, 2.24) is 4.90 Å². The fourth-order valence-electron chi connectivity index (χ4n) is 3.52. The molecule has 1 aromatic rings. The molecule has 0 saturated carbocycles. The second kappa shape index (κ2) is 5.84. The Labute approximate surface area is 137 Å². The Morgan fingerprint density at radius 3 is 2.65 bits per heavy atom. The number of benzene rings is 1. The topological polar surface area (TPSA) is 46.6 Å². The van der Waals surface area contributed by atoms with Gasteiger partial charge in [0.2, 0.25) is 0 Å². The lowest BCUT2D eigenvalue weighted by Gasteiger charge is -2.35. The van der Waals surface area contributed by atoms with E-state index in [2.05, 4.69) is 6.08 Å². The summed E-state index contributed by atoms with van der Waals surface area (Å²) >= 11 is 0. The van der Waals surface area contributed by atoms with Crippen molar-refractivity contribution in [3.05, 3.63) is 41.5 Å². The number of ether oxygens (including phenoxy) is 1. The third kappa shape index (κ3) is 3.16. The summed E-state index contributed by atoms with van der Waals surface area (Å²) in [5, 5.41) is 0. The number of hydrogen-bond acceptors (Lipinski definition) is 3. The fourth-order valence-corrected chi connectivity index (χ4v) is 3.52. The average Bonchev–Trinajstić information content (AvgIpc) is 2.76. The third-order valence-corrected chi connectivity index (χ3v) is 4.43. The second-order valence-corrected chi connectivity index (χ2v) is 7.29. The quantitative estimate of drug-likeness (QED) is 0.774. The van der Waals surface area contributed by atoms with Crippen LogP contribution in [0.25, 0.3) is 5.57 Å². The van der Waals surface area contributed by atoms with Gasteiger partial charge in [0.05, 0.1) is 6.04 Å². The van der Waals surface area contributed by atoms with Crippen LogP contribution in [0.5, 0.6) is 0 Å².